The third-order valence-electron chi connectivity index (χ3n) is 2.47. The molecule has 1 aromatic carbocycles. The first kappa shape index (κ1) is 11.7. The summed E-state index contributed by atoms with van der Waals surface area (Å²) in [5.74, 6) is -0.452. The van der Waals surface area contributed by atoms with Crippen molar-refractivity contribution in [2.24, 2.45) is 0 Å². The van der Waals surface area contributed by atoms with Gasteiger partial charge in [-0.15, -0.1) is 0 Å². The Morgan fingerprint density at radius 2 is 1.88 bits per heavy atom. The first-order valence-corrected chi connectivity index (χ1v) is 5.19. The van der Waals surface area contributed by atoms with E-state index < -0.39 is 11.6 Å². The van der Waals surface area contributed by atoms with E-state index in [0.29, 0.717) is 17.2 Å². The Morgan fingerprint density at radius 1 is 1.24 bits per heavy atom. The summed E-state index contributed by atoms with van der Waals surface area (Å²) in [6.07, 6.45) is 1.46. The van der Waals surface area contributed by atoms with Crippen molar-refractivity contribution in [1.29, 1.82) is 0 Å². The van der Waals surface area contributed by atoms with E-state index in [1.807, 2.05) is 6.92 Å². The predicted octanol–water partition coefficient (Wildman–Crippen LogP) is 2.90. The van der Waals surface area contributed by atoms with Gasteiger partial charge in [0.25, 0.3) is 0 Å². The van der Waals surface area contributed by atoms with Gasteiger partial charge in [-0.1, -0.05) is 0 Å². The normalized spacial score (nSPS) is 12.7. The zero-order valence-electron chi connectivity index (χ0n) is 9.50. The van der Waals surface area contributed by atoms with Gasteiger partial charge in [0, 0.05) is 11.6 Å². The van der Waals surface area contributed by atoms with Crippen LogP contribution in [0.15, 0.2) is 28.8 Å². The molecule has 0 radical (unpaired) electrons. The molecular weight excluding hydrogens is 226 g/mol. The second-order valence-corrected chi connectivity index (χ2v) is 3.73. The molecule has 0 aliphatic rings. The van der Waals surface area contributed by atoms with E-state index in [9.17, 15) is 8.78 Å². The molecule has 0 amide bonds. The van der Waals surface area contributed by atoms with Crippen LogP contribution in [0.25, 0.3) is 11.3 Å². The number of benzene rings is 1. The molecule has 1 atom stereocenters. The second kappa shape index (κ2) is 4.63. The van der Waals surface area contributed by atoms with Gasteiger partial charge in [-0.05, 0) is 26.1 Å². The van der Waals surface area contributed by atoms with Gasteiger partial charge < -0.3 is 9.73 Å². The number of nitrogens with zero attached hydrogens (tertiary/aromatic N) is 1. The molecule has 0 aliphatic carbocycles. The fraction of sp³-hybridized carbons (Fsp3) is 0.250. The van der Waals surface area contributed by atoms with Gasteiger partial charge in [-0.25, -0.2) is 13.8 Å². The number of rotatable bonds is 3. The van der Waals surface area contributed by atoms with E-state index in [1.165, 1.54) is 18.3 Å². The van der Waals surface area contributed by atoms with E-state index in [4.69, 9.17) is 4.42 Å². The Kier molecular flexibility index (Phi) is 3.19. The largest absolute Gasteiger partial charge is 0.439 e. The minimum absolute atomic E-state index is 0.0536. The molecule has 1 N–H and O–H groups in total. The Bertz CT molecular complexity index is 505. The molecule has 3 nitrogen and oxygen atoms in total. The fourth-order valence-electron chi connectivity index (χ4n) is 1.44. The summed E-state index contributed by atoms with van der Waals surface area (Å²) in [4.78, 5) is 4.05. The summed E-state index contributed by atoms with van der Waals surface area (Å²) >= 11 is 0. The molecular formula is C12H12F2N2O. The van der Waals surface area contributed by atoms with Crippen molar-refractivity contribution in [1.82, 2.24) is 10.3 Å². The van der Waals surface area contributed by atoms with Crippen LogP contribution < -0.4 is 5.32 Å². The van der Waals surface area contributed by atoms with E-state index >= 15 is 0 Å². The van der Waals surface area contributed by atoms with E-state index in [-0.39, 0.29) is 6.04 Å². The quantitative estimate of drug-likeness (QED) is 0.893. The number of oxazole rings is 1. The Balaban J connectivity index is 2.36. The second-order valence-electron chi connectivity index (χ2n) is 3.73. The van der Waals surface area contributed by atoms with Gasteiger partial charge in [0.2, 0.25) is 5.89 Å². The predicted molar refractivity (Wildman–Crippen MR) is 59.3 cm³/mol. The SMILES string of the molecule is CNC(C)c1ncc(-c2cc(F)cc(F)c2)o1. The number of aromatic nitrogens is 1. The lowest BCUT2D eigenvalue weighted by Gasteiger charge is -2.03. The van der Waals surface area contributed by atoms with Crippen LogP contribution in [0.1, 0.15) is 18.9 Å². The molecule has 1 aromatic heterocycles. The average Bonchev–Trinajstić information content (AvgIpc) is 2.76. The van der Waals surface area contributed by atoms with Crippen LogP contribution in [-0.2, 0) is 0 Å². The summed E-state index contributed by atoms with van der Waals surface area (Å²) in [7, 11) is 1.77. The van der Waals surface area contributed by atoms with Crippen molar-refractivity contribution in [3.05, 3.63) is 41.9 Å². The zero-order valence-corrected chi connectivity index (χ0v) is 9.50. The van der Waals surface area contributed by atoms with Crippen LogP contribution in [0.2, 0.25) is 0 Å². The van der Waals surface area contributed by atoms with Gasteiger partial charge in [-0.3, -0.25) is 0 Å². The first-order valence-electron chi connectivity index (χ1n) is 5.19. The number of halogens is 2. The minimum atomic E-state index is -0.639. The summed E-state index contributed by atoms with van der Waals surface area (Å²) in [6, 6.07) is 3.17. The maximum atomic E-state index is 13.0. The Labute approximate surface area is 97.5 Å². The third kappa shape index (κ3) is 2.50. The molecule has 5 heteroatoms. The zero-order chi connectivity index (χ0) is 12.4. The average molecular weight is 238 g/mol. The maximum Gasteiger partial charge on any atom is 0.211 e. The van der Waals surface area contributed by atoms with Crippen LogP contribution in [0.4, 0.5) is 8.78 Å². The summed E-state index contributed by atoms with van der Waals surface area (Å²) in [5, 5.41) is 2.96. The third-order valence-corrected chi connectivity index (χ3v) is 2.47. The fourth-order valence-corrected chi connectivity index (χ4v) is 1.44. The Hall–Kier alpha value is -1.75. The molecule has 0 saturated heterocycles. The Morgan fingerprint density at radius 3 is 2.47 bits per heavy atom. The lowest BCUT2D eigenvalue weighted by atomic mass is 10.2. The topological polar surface area (TPSA) is 38.1 Å². The van der Waals surface area contributed by atoms with E-state index in [0.717, 1.165) is 6.07 Å². The van der Waals surface area contributed by atoms with Crippen molar-refractivity contribution >= 4 is 0 Å². The lowest BCUT2D eigenvalue weighted by Crippen LogP contribution is -2.12. The highest BCUT2D eigenvalue weighted by Crippen LogP contribution is 2.24. The van der Waals surface area contributed by atoms with Gasteiger partial charge in [-0.2, -0.15) is 0 Å². The molecule has 0 saturated carbocycles. The van der Waals surface area contributed by atoms with Gasteiger partial charge >= 0.3 is 0 Å². The maximum absolute atomic E-state index is 13.0. The van der Waals surface area contributed by atoms with E-state index in [1.54, 1.807) is 7.05 Å². The van der Waals surface area contributed by atoms with Crippen molar-refractivity contribution < 1.29 is 13.2 Å². The van der Waals surface area contributed by atoms with Crippen molar-refractivity contribution in [2.45, 2.75) is 13.0 Å². The smallest absolute Gasteiger partial charge is 0.211 e. The number of hydrogen-bond donors (Lipinski definition) is 1. The molecule has 1 heterocycles. The van der Waals surface area contributed by atoms with Crippen molar-refractivity contribution in [3.8, 4) is 11.3 Å². The van der Waals surface area contributed by atoms with Crippen LogP contribution in [-0.4, -0.2) is 12.0 Å². The molecule has 0 spiro atoms. The molecule has 0 bridgehead atoms. The molecule has 90 valence electrons. The number of hydrogen-bond acceptors (Lipinski definition) is 3. The van der Waals surface area contributed by atoms with Crippen molar-refractivity contribution in [3.63, 3.8) is 0 Å². The van der Waals surface area contributed by atoms with Gasteiger partial charge in [0.1, 0.15) is 11.6 Å². The lowest BCUT2D eigenvalue weighted by molar-refractivity contribution is 0.441. The van der Waals surface area contributed by atoms with Gasteiger partial charge in [0.05, 0.1) is 12.2 Å². The van der Waals surface area contributed by atoms with Crippen molar-refractivity contribution in [2.75, 3.05) is 7.05 Å². The summed E-state index contributed by atoms with van der Waals surface area (Å²) in [5.41, 5.74) is 0.338. The van der Waals surface area contributed by atoms with Gasteiger partial charge in [0.15, 0.2) is 5.76 Å². The van der Waals surface area contributed by atoms with Crippen LogP contribution >= 0.6 is 0 Å². The van der Waals surface area contributed by atoms with Crippen LogP contribution in [0.3, 0.4) is 0 Å². The molecule has 1 unspecified atom stereocenters. The highest BCUT2D eigenvalue weighted by atomic mass is 19.1. The summed E-state index contributed by atoms with van der Waals surface area (Å²) < 4.78 is 31.5. The molecule has 2 rings (SSSR count). The summed E-state index contributed by atoms with van der Waals surface area (Å²) in [6.45, 7) is 1.88. The van der Waals surface area contributed by atoms with Crippen LogP contribution in [0, 0.1) is 11.6 Å². The molecule has 2 aromatic rings. The standard InChI is InChI=1S/C12H12F2N2O/c1-7(15-2)12-16-6-11(17-12)8-3-9(13)5-10(14)4-8/h3-7,15H,1-2H3. The monoisotopic (exact) mass is 238 g/mol. The molecule has 0 aliphatic heterocycles. The first-order chi connectivity index (χ1) is 8.10. The van der Waals surface area contributed by atoms with Crippen LogP contribution in [0.5, 0.6) is 0 Å². The van der Waals surface area contributed by atoms with E-state index in [2.05, 4.69) is 10.3 Å². The molecule has 17 heavy (non-hydrogen) atoms. The highest BCUT2D eigenvalue weighted by Gasteiger charge is 2.12. The minimum Gasteiger partial charge on any atom is -0.439 e. The number of nitrogens with one attached hydrogen (secondary N) is 1. The molecule has 0 fully saturated rings. The highest BCUT2D eigenvalue weighted by molar-refractivity contribution is 5.56.